The van der Waals surface area contributed by atoms with Crippen LogP contribution in [0.25, 0.3) is 4.96 Å². The second-order valence-corrected chi connectivity index (χ2v) is 8.17. The molecular formula is C16H25N3S. The van der Waals surface area contributed by atoms with Crippen molar-refractivity contribution in [1.29, 1.82) is 0 Å². The minimum absolute atomic E-state index is 0.544. The van der Waals surface area contributed by atoms with Crippen molar-refractivity contribution < 1.29 is 0 Å². The van der Waals surface area contributed by atoms with E-state index in [2.05, 4.69) is 48.6 Å². The summed E-state index contributed by atoms with van der Waals surface area (Å²) in [6, 6.07) is 0.674. The molecule has 1 saturated carbocycles. The molecule has 1 fully saturated rings. The molecule has 0 atom stereocenters. The van der Waals surface area contributed by atoms with Crippen LogP contribution in [0.3, 0.4) is 0 Å². The maximum atomic E-state index is 4.66. The van der Waals surface area contributed by atoms with Crippen LogP contribution in [-0.4, -0.2) is 15.4 Å². The molecule has 110 valence electrons. The fourth-order valence-corrected chi connectivity index (χ4v) is 4.06. The predicted octanol–water partition coefficient (Wildman–Crippen LogP) is 4.07. The number of nitrogens with zero attached hydrogens (tertiary/aromatic N) is 2. The summed E-state index contributed by atoms with van der Waals surface area (Å²) in [6.07, 6.45) is 7.49. The number of fused-ring (bicyclic) bond motifs is 1. The summed E-state index contributed by atoms with van der Waals surface area (Å²) in [5.41, 5.74) is 3.04. The van der Waals surface area contributed by atoms with E-state index in [0.29, 0.717) is 11.5 Å². The third kappa shape index (κ3) is 2.77. The Balaban J connectivity index is 1.67. The van der Waals surface area contributed by atoms with E-state index in [1.165, 1.54) is 41.9 Å². The van der Waals surface area contributed by atoms with Gasteiger partial charge in [-0.3, -0.25) is 4.40 Å². The molecule has 0 aromatic carbocycles. The van der Waals surface area contributed by atoms with Gasteiger partial charge < -0.3 is 5.32 Å². The molecule has 2 aromatic rings. The van der Waals surface area contributed by atoms with E-state index in [9.17, 15) is 0 Å². The van der Waals surface area contributed by atoms with Crippen LogP contribution in [0.5, 0.6) is 0 Å². The highest BCUT2D eigenvalue weighted by molar-refractivity contribution is 7.17. The Kier molecular flexibility index (Phi) is 3.63. The monoisotopic (exact) mass is 291 g/mol. The average Bonchev–Trinajstić information content (AvgIpc) is 2.84. The van der Waals surface area contributed by atoms with Crippen molar-refractivity contribution in [1.82, 2.24) is 14.7 Å². The Morgan fingerprint density at radius 2 is 2.05 bits per heavy atom. The number of hydrogen-bond donors (Lipinski definition) is 1. The van der Waals surface area contributed by atoms with Crippen molar-refractivity contribution in [2.45, 2.75) is 66.0 Å². The molecule has 2 heterocycles. The van der Waals surface area contributed by atoms with Crippen molar-refractivity contribution in [2.24, 2.45) is 5.41 Å². The molecule has 3 nitrogen and oxygen atoms in total. The molecular weight excluding hydrogens is 266 g/mol. The zero-order chi connectivity index (χ0) is 14.3. The first-order valence-electron chi connectivity index (χ1n) is 7.62. The maximum Gasteiger partial charge on any atom is 0.194 e. The van der Waals surface area contributed by atoms with Crippen LogP contribution < -0.4 is 5.32 Å². The molecule has 0 unspecified atom stereocenters. The van der Waals surface area contributed by atoms with Gasteiger partial charge in [-0.15, -0.1) is 11.3 Å². The molecule has 0 bridgehead atoms. The van der Waals surface area contributed by atoms with Crippen molar-refractivity contribution in [2.75, 3.05) is 0 Å². The van der Waals surface area contributed by atoms with Crippen LogP contribution in [0, 0.1) is 19.3 Å². The standard InChI is InChI=1S/C16H25N3S/c1-11-10-19-14(12(2)18-15(19)20-11)9-17-13-5-7-16(3,4)8-6-13/h10,13,17H,5-9H2,1-4H3. The van der Waals surface area contributed by atoms with Crippen LogP contribution >= 0.6 is 11.3 Å². The van der Waals surface area contributed by atoms with Crippen LogP contribution in [0.1, 0.15) is 55.8 Å². The van der Waals surface area contributed by atoms with Gasteiger partial charge >= 0.3 is 0 Å². The highest BCUT2D eigenvalue weighted by atomic mass is 32.1. The molecule has 0 spiro atoms. The molecule has 0 aliphatic heterocycles. The molecule has 1 N–H and O–H groups in total. The molecule has 0 amide bonds. The van der Waals surface area contributed by atoms with Crippen molar-refractivity contribution in [3.63, 3.8) is 0 Å². The van der Waals surface area contributed by atoms with Crippen LogP contribution in [0.15, 0.2) is 6.20 Å². The molecule has 0 saturated heterocycles. The van der Waals surface area contributed by atoms with E-state index in [-0.39, 0.29) is 0 Å². The van der Waals surface area contributed by atoms with Crippen LogP contribution in [-0.2, 0) is 6.54 Å². The lowest BCUT2D eigenvalue weighted by molar-refractivity contribution is 0.205. The van der Waals surface area contributed by atoms with Gasteiger partial charge in [-0.1, -0.05) is 13.8 Å². The molecule has 20 heavy (non-hydrogen) atoms. The third-order valence-electron chi connectivity index (χ3n) is 4.64. The van der Waals surface area contributed by atoms with Gasteiger partial charge in [0.15, 0.2) is 4.96 Å². The third-order valence-corrected chi connectivity index (χ3v) is 5.54. The van der Waals surface area contributed by atoms with E-state index in [1.54, 1.807) is 11.3 Å². The number of thiazole rings is 1. The molecule has 3 rings (SSSR count). The number of aromatic nitrogens is 2. The first-order valence-corrected chi connectivity index (χ1v) is 8.44. The molecule has 1 aliphatic rings. The smallest absolute Gasteiger partial charge is 0.194 e. The Bertz CT molecular complexity index is 599. The van der Waals surface area contributed by atoms with Gasteiger partial charge in [0, 0.05) is 23.7 Å². The molecule has 2 aromatic heterocycles. The number of imidazole rings is 1. The van der Waals surface area contributed by atoms with Gasteiger partial charge in [-0.2, -0.15) is 0 Å². The molecule has 0 radical (unpaired) electrons. The highest BCUT2D eigenvalue weighted by Crippen LogP contribution is 2.35. The van der Waals surface area contributed by atoms with Crippen LogP contribution in [0.4, 0.5) is 0 Å². The van der Waals surface area contributed by atoms with Gasteiger partial charge in [-0.25, -0.2) is 4.98 Å². The van der Waals surface area contributed by atoms with Gasteiger partial charge in [0.1, 0.15) is 0 Å². The van der Waals surface area contributed by atoms with Crippen molar-refractivity contribution in [3.8, 4) is 0 Å². The minimum Gasteiger partial charge on any atom is -0.308 e. The van der Waals surface area contributed by atoms with Crippen LogP contribution in [0.2, 0.25) is 0 Å². The van der Waals surface area contributed by atoms with E-state index < -0.39 is 0 Å². The normalized spacial score (nSPS) is 19.8. The summed E-state index contributed by atoms with van der Waals surface area (Å²) in [7, 11) is 0. The van der Waals surface area contributed by atoms with E-state index in [4.69, 9.17) is 0 Å². The summed E-state index contributed by atoms with van der Waals surface area (Å²) in [5, 5.41) is 3.75. The second kappa shape index (κ2) is 5.15. The summed E-state index contributed by atoms with van der Waals surface area (Å²) in [4.78, 5) is 7.12. The lowest BCUT2D eigenvalue weighted by Gasteiger charge is -2.34. The largest absolute Gasteiger partial charge is 0.308 e. The topological polar surface area (TPSA) is 29.3 Å². The predicted molar refractivity (Wildman–Crippen MR) is 85.4 cm³/mol. The molecule has 1 aliphatic carbocycles. The quantitative estimate of drug-likeness (QED) is 0.923. The summed E-state index contributed by atoms with van der Waals surface area (Å²) in [5.74, 6) is 0. The van der Waals surface area contributed by atoms with Crippen molar-refractivity contribution >= 4 is 16.3 Å². The van der Waals surface area contributed by atoms with Gasteiger partial charge in [0.2, 0.25) is 0 Å². The Morgan fingerprint density at radius 3 is 2.75 bits per heavy atom. The number of aryl methyl sites for hydroxylation is 2. The van der Waals surface area contributed by atoms with Gasteiger partial charge in [0.25, 0.3) is 0 Å². The second-order valence-electron chi connectivity index (χ2n) is 6.96. The van der Waals surface area contributed by atoms with E-state index in [0.717, 1.165) is 11.5 Å². The van der Waals surface area contributed by atoms with Gasteiger partial charge in [0.05, 0.1) is 11.4 Å². The first-order chi connectivity index (χ1) is 9.44. The number of rotatable bonds is 3. The fraction of sp³-hybridized carbons (Fsp3) is 0.688. The Hall–Kier alpha value is -0.870. The number of hydrogen-bond acceptors (Lipinski definition) is 3. The van der Waals surface area contributed by atoms with Gasteiger partial charge in [-0.05, 0) is 44.9 Å². The average molecular weight is 291 g/mol. The highest BCUT2D eigenvalue weighted by Gasteiger charge is 2.26. The SMILES string of the molecule is Cc1cn2c(CNC3CCC(C)(C)CC3)c(C)nc2s1. The molecule has 4 heteroatoms. The zero-order valence-electron chi connectivity index (χ0n) is 13.0. The van der Waals surface area contributed by atoms with E-state index >= 15 is 0 Å². The van der Waals surface area contributed by atoms with E-state index in [1.807, 2.05) is 0 Å². The summed E-state index contributed by atoms with van der Waals surface area (Å²) >= 11 is 1.77. The zero-order valence-corrected chi connectivity index (χ0v) is 13.8. The fourth-order valence-electron chi connectivity index (χ4n) is 3.17. The summed E-state index contributed by atoms with van der Waals surface area (Å²) in [6.45, 7) is 9.99. The number of nitrogens with one attached hydrogen (secondary N) is 1. The lowest BCUT2D eigenvalue weighted by atomic mass is 9.75. The Morgan fingerprint density at radius 1 is 1.35 bits per heavy atom. The van der Waals surface area contributed by atoms with Crippen molar-refractivity contribution in [3.05, 3.63) is 22.5 Å². The first kappa shape index (κ1) is 14.1. The maximum absolute atomic E-state index is 4.66. The lowest BCUT2D eigenvalue weighted by Crippen LogP contribution is -2.35. The summed E-state index contributed by atoms with van der Waals surface area (Å²) < 4.78 is 2.26. The minimum atomic E-state index is 0.544. The Labute approximate surface area is 125 Å².